The second-order valence-electron chi connectivity index (χ2n) is 6.45. The number of hydrogen-bond donors (Lipinski definition) is 1. The van der Waals surface area contributed by atoms with E-state index in [0.29, 0.717) is 13.2 Å². The molecule has 0 aliphatic carbocycles. The van der Waals surface area contributed by atoms with Gasteiger partial charge in [0.05, 0.1) is 4.88 Å². The third-order valence-corrected chi connectivity index (χ3v) is 5.78. The number of aryl methyl sites for hydroxylation is 1. The quantitative estimate of drug-likeness (QED) is 0.622. The lowest BCUT2D eigenvalue weighted by Crippen LogP contribution is -2.23. The van der Waals surface area contributed by atoms with Gasteiger partial charge in [-0.1, -0.05) is 42.5 Å². The highest BCUT2D eigenvalue weighted by molar-refractivity contribution is 7.17. The molecule has 0 bridgehead atoms. The van der Waals surface area contributed by atoms with Crippen molar-refractivity contribution in [3.63, 3.8) is 0 Å². The predicted molar refractivity (Wildman–Crippen MR) is 106 cm³/mol. The number of nitrogens with one attached hydrogen (secondary N) is 1. The van der Waals surface area contributed by atoms with E-state index < -0.39 is 0 Å². The molecular weight excluding hydrogens is 342 g/mol. The number of thiophene rings is 1. The van der Waals surface area contributed by atoms with Crippen LogP contribution in [0.5, 0.6) is 5.75 Å². The van der Waals surface area contributed by atoms with Crippen LogP contribution in [0, 0.1) is 0 Å². The average molecular weight is 363 g/mol. The van der Waals surface area contributed by atoms with E-state index >= 15 is 0 Å². The first-order chi connectivity index (χ1) is 12.8. The van der Waals surface area contributed by atoms with E-state index in [2.05, 4.69) is 35.6 Å². The lowest BCUT2D eigenvalue weighted by molar-refractivity contribution is 0.0957. The van der Waals surface area contributed by atoms with Gasteiger partial charge in [0, 0.05) is 22.5 Å². The molecule has 3 aromatic rings. The van der Waals surface area contributed by atoms with Crippen LogP contribution >= 0.6 is 11.3 Å². The molecule has 1 aromatic heterocycles. The number of para-hydroxylation sites is 1. The van der Waals surface area contributed by atoms with E-state index in [-0.39, 0.29) is 5.91 Å². The predicted octanol–water partition coefficient (Wildman–Crippen LogP) is 5.06. The smallest absolute Gasteiger partial charge is 0.261 e. The monoisotopic (exact) mass is 363 g/mol. The largest absolute Gasteiger partial charge is 0.488 e. The van der Waals surface area contributed by atoms with Gasteiger partial charge in [0.15, 0.2) is 0 Å². The van der Waals surface area contributed by atoms with Crippen LogP contribution in [0.2, 0.25) is 0 Å². The molecule has 132 valence electrons. The fourth-order valence-electron chi connectivity index (χ4n) is 3.20. The normalized spacial score (nSPS) is 12.0. The van der Waals surface area contributed by atoms with Gasteiger partial charge in [0.25, 0.3) is 5.91 Å². The Morgan fingerprint density at radius 1 is 1.04 bits per heavy atom. The third kappa shape index (κ3) is 3.65. The van der Waals surface area contributed by atoms with Crippen LogP contribution in [-0.4, -0.2) is 12.5 Å². The molecule has 26 heavy (non-hydrogen) atoms. The van der Waals surface area contributed by atoms with Crippen LogP contribution in [0.15, 0.2) is 60.7 Å². The van der Waals surface area contributed by atoms with Gasteiger partial charge < -0.3 is 10.1 Å². The second-order valence-corrected chi connectivity index (χ2v) is 7.50. The number of carbonyl (C=O) groups is 1. The highest BCUT2D eigenvalue weighted by atomic mass is 32.1. The van der Waals surface area contributed by atoms with Gasteiger partial charge >= 0.3 is 0 Å². The minimum absolute atomic E-state index is 0.0154. The minimum atomic E-state index is 0.0154. The highest BCUT2D eigenvalue weighted by Gasteiger charge is 2.22. The molecule has 2 heterocycles. The molecular formula is C22H21NO2S. The molecule has 0 radical (unpaired) electrons. The van der Waals surface area contributed by atoms with Gasteiger partial charge in [-0.25, -0.2) is 0 Å². The van der Waals surface area contributed by atoms with Crippen molar-refractivity contribution in [2.75, 3.05) is 6.54 Å². The Hall–Kier alpha value is -2.59. The van der Waals surface area contributed by atoms with Gasteiger partial charge in [-0.3, -0.25) is 4.79 Å². The Morgan fingerprint density at radius 2 is 1.85 bits per heavy atom. The van der Waals surface area contributed by atoms with Crippen molar-refractivity contribution in [1.29, 1.82) is 0 Å². The molecule has 1 aliphatic heterocycles. The van der Waals surface area contributed by atoms with Crippen LogP contribution in [0.4, 0.5) is 0 Å². The molecule has 3 nitrogen and oxygen atoms in total. The summed E-state index contributed by atoms with van der Waals surface area (Å²) in [6.45, 7) is 1.24. The molecule has 1 amide bonds. The summed E-state index contributed by atoms with van der Waals surface area (Å²) >= 11 is 1.55. The molecule has 0 unspecified atom stereocenters. The number of rotatable bonds is 6. The van der Waals surface area contributed by atoms with Crippen molar-refractivity contribution >= 4 is 17.2 Å². The first-order valence-electron chi connectivity index (χ1n) is 8.98. The number of ether oxygens (including phenoxy) is 1. The van der Waals surface area contributed by atoms with E-state index in [4.69, 9.17) is 4.74 Å². The summed E-state index contributed by atoms with van der Waals surface area (Å²) < 4.78 is 5.77. The summed E-state index contributed by atoms with van der Waals surface area (Å²) in [6, 6.07) is 20.4. The summed E-state index contributed by atoms with van der Waals surface area (Å²) in [5.41, 5.74) is 3.53. The number of amides is 1. The molecule has 0 atom stereocenters. The summed E-state index contributed by atoms with van der Waals surface area (Å²) in [5, 5.41) is 3.05. The maximum atomic E-state index is 12.5. The molecule has 4 heteroatoms. The molecule has 2 aromatic carbocycles. The number of benzene rings is 2. The van der Waals surface area contributed by atoms with E-state index in [1.54, 1.807) is 11.3 Å². The van der Waals surface area contributed by atoms with E-state index in [0.717, 1.165) is 45.9 Å². The number of carbonyl (C=O) groups excluding carboxylic acids is 1. The fourth-order valence-corrected chi connectivity index (χ4v) is 4.31. The summed E-state index contributed by atoms with van der Waals surface area (Å²) in [5.74, 6) is 0.913. The summed E-state index contributed by atoms with van der Waals surface area (Å²) in [6.07, 6.45) is 3.11. The van der Waals surface area contributed by atoms with E-state index in [1.165, 1.54) is 5.56 Å². The number of unbranched alkanes of at least 4 members (excludes halogenated alkanes) is 1. The van der Waals surface area contributed by atoms with Gasteiger partial charge in [-0.15, -0.1) is 11.3 Å². The molecule has 0 saturated carbocycles. The lowest BCUT2D eigenvalue weighted by Gasteiger charge is -2.16. The van der Waals surface area contributed by atoms with Crippen molar-refractivity contribution < 1.29 is 9.53 Å². The van der Waals surface area contributed by atoms with Crippen molar-refractivity contribution in [3.05, 3.63) is 76.7 Å². The summed E-state index contributed by atoms with van der Waals surface area (Å²) in [7, 11) is 0. The van der Waals surface area contributed by atoms with Crippen molar-refractivity contribution in [1.82, 2.24) is 5.32 Å². The van der Waals surface area contributed by atoms with Gasteiger partial charge in [-0.05, 0) is 43.0 Å². The zero-order valence-corrected chi connectivity index (χ0v) is 15.4. The molecule has 1 aliphatic rings. The Kier molecular flexibility index (Phi) is 5.02. The van der Waals surface area contributed by atoms with Crippen molar-refractivity contribution in [2.24, 2.45) is 0 Å². The Morgan fingerprint density at radius 3 is 2.73 bits per heavy atom. The zero-order chi connectivity index (χ0) is 17.8. The molecule has 0 fully saturated rings. The summed E-state index contributed by atoms with van der Waals surface area (Å²) in [4.78, 5) is 14.4. The maximum Gasteiger partial charge on any atom is 0.261 e. The maximum absolute atomic E-state index is 12.5. The van der Waals surface area contributed by atoms with Crippen molar-refractivity contribution in [3.8, 4) is 16.2 Å². The van der Waals surface area contributed by atoms with E-state index in [9.17, 15) is 4.79 Å². The molecule has 4 rings (SSSR count). The molecule has 1 N–H and O–H groups in total. The second kappa shape index (κ2) is 7.75. The van der Waals surface area contributed by atoms with Crippen LogP contribution in [0.25, 0.3) is 10.4 Å². The Labute approximate surface area is 157 Å². The Balaban J connectivity index is 1.32. The average Bonchev–Trinajstić information content (AvgIpc) is 3.13. The number of hydrogen-bond acceptors (Lipinski definition) is 3. The van der Waals surface area contributed by atoms with E-state index in [1.807, 2.05) is 30.3 Å². The standard InChI is InChI=1S/C22H21NO2S/c24-22(23-13-7-6-10-16-8-2-1-3-9-16)20-14-17-15-25-19-12-5-4-11-18(19)21(17)26-20/h1-5,8-9,11-12,14H,6-7,10,13,15H2,(H,23,24). The molecule has 0 spiro atoms. The van der Waals surface area contributed by atoms with Gasteiger partial charge in [0.1, 0.15) is 12.4 Å². The topological polar surface area (TPSA) is 38.3 Å². The molecule has 0 saturated heterocycles. The minimum Gasteiger partial charge on any atom is -0.488 e. The van der Waals surface area contributed by atoms with Crippen LogP contribution in [-0.2, 0) is 13.0 Å². The Bertz CT molecular complexity index is 902. The number of fused-ring (bicyclic) bond motifs is 3. The van der Waals surface area contributed by atoms with Crippen molar-refractivity contribution in [2.45, 2.75) is 25.9 Å². The first kappa shape index (κ1) is 16.9. The lowest BCUT2D eigenvalue weighted by atomic mass is 10.1. The van der Waals surface area contributed by atoms with Crippen LogP contribution in [0.1, 0.15) is 33.6 Å². The van der Waals surface area contributed by atoms with Crippen LogP contribution in [0.3, 0.4) is 0 Å². The fraction of sp³-hybridized carbons (Fsp3) is 0.227. The van der Waals surface area contributed by atoms with Crippen LogP contribution < -0.4 is 10.1 Å². The third-order valence-electron chi connectivity index (χ3n) is 4.57. The first-order valence-corrected chi connectivity index (χ1v) is 9.80. The van der Waals surface area contributed by atoms with Gasteiger partial charge in [0.2, 0.25) is 0 Å². The zero-order valence-electron chi connectivity index (χ0n) is 14.5. The van der Waals surface area contributed by atoms with Gasteiger partial charge in [-0.2, -0.15) is 0 Å². The highest BCUT2D eigenvalue weighted by Crippen LogP contribution is 2.42. The SMILES string of the molecule is O=C(NCCCCc1ccccc1)c1cc2c(s1)-c1ccccc1OC2.